The van der Waals surface area contributed by atoms with Crippen molar-refractivity contribution in [1.29, 1.82) is 0 Å². The van der Waals surface area contributed by atoms with Gasteiger partial charge >= 0.3 is 12.0 Å². The van der Waals surface area contributed by atoms with Gasteiger partial charge in [0.15, 0.2) is 0 Å². The van der Waals surface area contributed by atoms with E-state index in [-0.39, 0.29) is 36.5 Å². The predicted octanol–water partition coefficient (Wildman–Crippen LogP) is 2.21. The zero-order valence-electron chi connectivity index (χ0n) is 18.8. The number of urea groups is 1. The predicted molar refractivity (Wildman–Crippen MR) is 121 cm³/mol. The monoisotopic (exact) mass is 454 g/mol. The Kier molecular flexibility index (Phi) is 6.96. The molecule has 0 aliphatic carbocycles. The highest BCUT2D eigenvalue weighted by Gasteiger charge is 2.38. The first-order valence-corrected chi connectivity index (χ1v) is 11.5. The van der Waals surface area contributed by atoms with E-state index in [9.17, 15) is 19.2 Å². The van der Waals surface area contributed by atoms with E-state index < -0.39 is 12.1 Å². The van der Waals surface area contributed by atoms with Gasteiger partial charge in [-0.05, 0) is 43.2 Å². The van der Waals surface area contributed by atoms with Gasteiger partial charge in [0.1, 0.15) is 6.04 Å². The smallest absolute Gasteiger partial charge is 0.324 e. The largest absolute Gasteiger partial charge is 0.469 e. The number of carbonyl (C=O) groups excluding carboxylic acids is 4. The number of imide groups is 1. The average Bonchev–Trinajstić information content (AvgIpc) is 3.36. The molecule has 4 rings (SSSR count). The number of ether oxygens (including phenoxy) is 1. The molecule has 1 aromatic carbocycles. The van der Waals surface area contributed by atoms with E-state index in [1.165, 1.54) is 12.0 Å². The number of hydrogen-bond acceptors (Lipinski definition) is 5. The van der Waals surface area contributed by atoms with E-state index >= 15 is 0 Å². The number of amides is 4. The third kappa shape index (κ3) is 5.18. The number of nitrogens with zero attached hydrogens (tertiary/aromatic N) is 2. The standard InChI is InChI=1S/C24H30N4O5/c1-33-22(30)14-16-8-11-27(12-9-16)21(29)7-6-20-23(31)28(24(32)26-20)13-10-17-15-25-19-5-3-2-4-18(17)19/h2-5,15-16,20,25H,6-14H2,1H3,(H,26,32)/t20-/m0/s1. The lowest BCUT2D eigenvalue weighted by Gasteiger charge is -2.31. The highest BCUT2D eigenvalue weighted by atomic mass is 16.5. The summed E-state index contributed by atoms with van der Waals surface area (Å²) in [6.07, 6.45) is 4.88. The van der Waals surface area contributed by atoms with Crippen LogP contribution < -0.4 is 5.32 Å². The maximum Gasteiger partial charge on any atom is 0.324 e. The summed E-state index contributed by atoms with van der Waals surface area (Å²) in [5.74, 6) is -0.275. The first-order chi connectivity index (χ1) is 16.0. The first-order valence-electron chi connectivity index (χ1n) is 11.5. The lowest BCUT2D eigenvalue weighted by atomic mass is 9.93. The molecule has 33 heavy (non-hydrogen) atoms. The number of para-hydroxylation sites is 1. The molecule has 4 amide bonds. The molecule has 2 aromatic rings. The molecule has 1 aromatic heterocycles. The maximum atomic E-state index is 12.8. The fourth-order valence-corrected chi connectivity index (χ4v) is 4.69. The third-order valence-electron chi connectivity index (χ3n) is 6.68. The van der Waals surface area contributed by atoms with Gasteiger partial charge < -0.3 is 19.9 Å². The number of likely N-dealkylation sites (tertiary alicyclic amines) is 1. The molecule has 3 heterocycles. The highest BCUT2D eigenvalue weighted by Crippen LogP contribution is 2.23. The fraction of sp³-hybridized carbons (Fsp3) is 0.500. The molecular weight excluding hydrogens is 424 g/mol. The molecule has 0 saturated carbocycles. The second kappa shape index (κ2) is 10.1. The average molecular weight is 455 g/mol. The molecule has 2 aliphatic rings. The van der Waals surface area contributed by atoms with Gasteiger partial charge in [-0.1, -0.05) is 18.2 Å². The van der Waals surface area contributed by atoms with Crippen LogP contribution in [0.1, 0.15) is 37.7 Å². The number of rotatable bonds is 8. The normalized spacial score (nSPS) is 19.2. The van der Waals surface area contributed by atoms with Crippen molar-refractivity contribution in [2.75, 3.05) is 26.7 Å². The van der Waals surface area contributed by atoms with Crippen LogP contribution in [0.2, 0.25) is 0 Å². The van der Waals surface area contributed by atoms with Crippen molar-refractivity contribution in [3.63, 3.8) is 0 Å². The van der Waals surface area contributed by atoms with Crippen LogP contribution in [0.4, 0.5) is 4.79 Å². The van der Waals surface area contributed by atoms with Gasteiger partial charge in [-0.25, -0.2) is 4.79 Å². The summed E-state index contributed by atoms with van der Waals surface area (Å²) in [4.78, 5) is 55.4. The molecule has 2 N–H and O–H groups in total. The molecule has 9 heteroatoms. The Labute approximate surface area is 192 Å². The number of aromatic amines is 1. The van der Waals surface area contributed by atoms with Crippen LogP contribution >= 0.6 is 0 Å². The van der Waals surface area contributed by atoms with Crippen LogP contribution in [0.25, 0.3) is 10.9 Å². The van der Waals surface area contributed by atoms with Crippen molar-refractivity contribution in [1.82, 2.24) is 20.1 Å². The quantitative estimate of drug-likeness (QED) is 0.469. The Hall–Kier alpha value is -3.36. The van der Waals surface area contributed by atoms with Crippen LogP contribution in [0.3, 0.4) is 0 Å². The molecule has 0 spiro atoms. The Morgan fingerprint density at radius 3 is 2.67 bits per heavy atom. The minimum absolute atomic E-state index is 0.0224. The topological polar surface area (TPSA) is 112 Å². The number of hydrogen-bond donors (Lipinski definition) is 2. The van der Waals surface area contributed by atoms with E-state index in [0.717, 1.165) is 29.3 Å². The van der Waals surface area contributed by atoms with Gasteiger partial charge in [0.05, 0.1) is 7.11 Å². The molecule has 0 unspecified atom stereocenters. The fourth-order valence-electron chi connectivity index (χ4n) is 4.69. The van der Waals surface area contributed by atoms with Crippen LogP contribution in [0.5, 0.6) is 0 Å². The molecule has 176 valence electrons. The number of esters is 1. The van der Waals surface area contributed by atoms with E-state index in [4.69, 9.17) is 4.74 Å². The number of benzene rings is 1. The molecule has 0 radical (unpaired) electrons. The van der Waals surface area contributed by atoms with Crippen molar-refractivity contribution in [3.8, 4) is 0 Å². The Bertz CT molecular complexity index is 1040. The number of carbonyl (C=O) groups is 4. The summed E-state index contributed by atoms with van der Waals surface area (Å²) in [5.41, 5.74) is 2.08. The number of piperidine rings is 1. The van der Waals surface area contributed by atoms with Crippen molar-refractivity contribution < 1.29 is 23.9 Å². The second-order valence-corrected chi connectivity index (χ2v) is 8.74. The van der Waals surface area contributed by atoms with Gasteiger partial charge in [-0.3, -0.25) is 19.3 Å². The Morgan fingerprint density at radius 1 is 1.15 bits per heavy atom. The van der Waals surface area contributed by atoms with Crippen molar-refractivity contribution in [2.45, 2.75) is 44.6 Å². The minimum atomic E-state index is -0.665. The van der Waals surface area contributed by atoms with Gasteiger partial charge in [0.2, 0.25) is 5.91 Å². The number of aromatic nitrogens is 1. The van der Waals surface area contributed by atoms with Gasteiger partial charge in [-0.2, -0.15) is 0 Å². The van der Waals surface area contributed by atoms with Gasteiger partial charge in [-0.15, -0.1) is 0 Å². The highest BCUT2D eigenvalue weighted by molar-refractivity contribution is 6.04. The lowest BCUT2D eigenvalue weighted by molar-refractivity contribution is -0.142. The van der Waals surface area contributed by atoms with Crippen molar-refractivity contribution >= 4 is 34.7 Å². The zero-order valence-corrected chi connectivity index (χ0v) is 18.8. The number of nitrogens with one attached hydrogen (secondary N) is 2. The van der Waals surface area contributed by atoms with Crippen LogP contribution in [0, 0.1) is 5.92 Å². The van der Waals surface area contributed by atoms with Crippen LogP contribution in [-0.4, -0.2) is 71.4 Å². The minimum Gasteiger partial charge on any atom is -0.469 e. The van der Waals surface area contributed by atoms with E-state index in [1.807, 2.05) is 30.5 Å². The SMILES string of the molecule is COC(=O)CC1CCN(C(=O)CC[C@@H]2NC(=O)N(CCc3c[nH]c4ccccc34)C2=O)CC1. The lowest BCUT2D eigenvalue weighted by Crippen LogP contribution is -2.40. The molecule has 9 nitrogen and oxygen atoms in total. The third-order valence-corrected chi connectivity index (χ3v) is 6.68. The molecular formula is C24H30N4O5. The summed E-state index contributed by atoms with van der Waals surface area (Å²) in [5, 5.41) is 3.81. The molecule has 1 atom stereocenters. The van der Waals surface area contributed by atoms with Gasteiger partial charge in [0, 0.05) is 49.6 Å². The maximum absolute atomic E-state index is 12.8. The molecule has 2 saturated heterocycles. The van der Waals surface area contributed by atoms with Crippen LogP contribution in [-0.2, 0) is 25.5 Å². The van der Waals surface area contributed by atoms with Crippen LogP contribution in [0.15, 0.2) is 30.5 Å². The van der Waals surface area contributed by atoms with E-state index in [0.29, 0.717) is 32.5 Å². The summed E-state index contributed by atoms with van der Waals surface area (Å²) in [7, 11) is 1.38. The molecule has 2 fully saturated rings. The Balaban J connectivity index is 1.23. The van der Waals surface area contributed by atoms with E-state index in [1.54, 1.807) is 4.90 Å². The second-order valence-electron chi connectivity index (χ2n) is 8.74. The zero-order chi connectivity index (χ0) is 23.4. The summed E-state index contributed by atoms with van der Waals surface area (Å²) >= 11 is 0. The first kappa shape index (κ1) is 22.8. The van der Waals surface area contributed by atoms with E-state index in [2.05, 4.69) is 10.3 Å². The van der Waals surface area contributed by atoms with Crippen molar-refractivity contribution in [2.24, 2.45) is 5.92 Å². The number of methoxy groups -OCH3 is 1. The van der Waals surface area contributed by atoms with Gasteiger partial charge in [0.25, 0.3) is 5.91 Å². The number of fused-ring (bicyclic) bond motifs is 1. The summed E-state index contributed by atoms with van der Waals surface area (Å²) in [6.45, 7) is 1.50. The number of H-pyrrole nitrogens is 1. The Morgan fingerprint density at radius 2 is 1.91 bits per heavy atom. The molecule has 2 aliphatic heterocycles. The summed E-state index contributed by atoms with van der Waals surface area (Å²) in [6, 6.07) is 6.85. The summed E-state index contributed by atoms with van der Waals surface area (Å²) < 4.78 is 4.72. The van der Waals surface area contributed by atoms with Crippen molar-refractivity contribution in [3.05, 3.63) is 36.0 Å². The molecule has 0 bridgehead atoms.